The quantitative estimate of drug-likeness (QED) is 0.662. The zero-order valence-corrected chi connectivity index (χ0v) is 9.41. The van der Waals surface area contributed by atoms with E-state index in [2.05, 4.69) is 4.18 Å². The van der Waals surface area contributed by atoms with Crippen LogP contribution in [0.4, 0.5) is 19.4 Å². The molecule has 0 heterocycles. The molecule has 0 spiro atoms. The van der Waals surface area contributed by atoms with E-state index in [0.717, 1.165) is 12.1 Å². The van der Waals surface area contributed by atoms with E-state index in [1.165, 1.54) is 6.07 Å². The van der Waals surface area contributed by atoms with Crippen LogP contribution in [0.15, 0.2) is 24.3 Å². The van der Waals surface area contributed by atoms with Crippen molar-refractivity contribution >= 4 is 10.5 Å². The molecule has 0 saturated carbocycles. The Balaban J connectivity index is 3.05. The SMILES string of the molecule is CC(C)c1cccc(OS(F)(F)(F)(F)F)c1. The normalized spacial score (nSPS) is 16.8. The molecule has 0 unspecified atom stereocenters. The lowest BCUT2D eigenvalue weighted by molar-refractivity contribution is 0.243. The maximum absolute atomic E-state index is 12.0. The Morgan fingerprint density at radius 3 is 2.06 bits per heavy atom. The van der Waals surface area contributed by atoms with Gasteiger partial charge in [-0.05, 0) is 23.6 Å². The summed E-state index contributed by atoms with van der Waals surface area (Å²) >= 11 is 0. The predicted octanol–water partition coefficient (Wildman–Crippen LogP) is 5.40. The van der Waals surface area contributed by atoms with Crippen molar-refractivity contribution in [1.82, 2.24) is 0 Å². The summed E-state index contributed by atoms with van der Waals surface area (Å²) in [6, 6.07) is 4.60. The van der Waals surface area contributed by atoms with Crippen molar-refractivity contribution in [1.29, 1.82) is 0 Å². The average Bonchev–Trinajstić information content (AvgIpc) is 1.98. The predicted molar refractivity (Wildman–Crippen MR) is 54.3 cm³/mol. The van der Waals surface area contributed by atoms with E-state index in [0.29, 0.717) is 5.56 Å². The maximum Gasteiger partial charge on any atom is 0.435 e. The average molecular weight is 262 g/mol. The third kappa shape index (κ3) is 4.69. The maximum atomic E-state index is 12.0. The van der Waals surface area contributed by atoms with Crippen LogP contribution >= 0.6 is 10.5 Å². The van der Waals surface area contributed by atoms with E-state index in [9.17, 15) is 19.4 Å². The van der Waals surface area contributed by atoms with Gasteiger partial charge in [-0.3, -0.25) is 0 Å². The van der Waals surface area contributed by atoms with E-state index >= 15 is 0 Å². The molecular weight excluding hydrogens is 251 g/mol. The molecule has 1 rings (SSSR count). The highest BCUT2D eigenvalue weighted by Crippen LogP contribution is 2.97. The van der Waals surface area contributed by atoms with Gasteiger partial charge in [0.2, 0.25) is 0 Å². The lowest BCUT2D eigenvalue weighted by Gasteiger charge is -2.39. The molecule has 1 aromatic rings. The molecule has 0 fully saturated rings. The van der Waals surface area contributed by atoms with Gasteiger partial charge in [-0.15, -0.1) is 0 Å². The van der Waals surface area contributed by atoms with Crippen LogP contribution in [0.5, 0.6) is 5.75 Å². The van der Waals surface area contributed by atoms with Crippen molar-refractivity contribution in [3.8, 4) is 5.75 Å². The van der Waals surface area contributed by atoms with Crippen molar-refractivity contribution in [2.75, 3.05) is 0 Å². The second kappa shape index (κ2) is 3.03. The number of benzene rings is 1. The van der Waals surface area contributed by atoms with Gasteiger partial charge in [0.15, 0.2) is 0 Å². The number of hydrogen-bond donors (Lipinski definition) is 0. The van der Waals surface area contributed by atoms with Gasteiger partial charge >= 0.3 is 10.5 Å². The van der Waals surface area contributed by atoms with Gasteiger partial charge in [0, 0.05) is 0 Å². The third-order valence-electron chi connectivity index (χ3n) is 1.78. The monoisotopic (exact) mass is 262 g/mol. The minimum Gasteiger partial charge on any atom is -0.355 e. The molecule has 1 nitrogen and oxygen atoms in total. The van der Waals surface area contributed by atoms with Crippen molar-refractivity contribution in [2.45, 2.75) is 19.8 Å². The van der Waals surface area contributed by atoms with Gasteiger partial charge in [0.1, 0.15) is 5.75 Å². The highest BCUT2D eigenvalue weighted by atomic mass is 32.5. The topological polar surface area (TPSA) is 9.23 Å². The summed E-state index contributed by atoms with van der Waals surface area (Å²) in [6.07, 6.45) is 0. The minimum atomic E-state index is -9.85. The minimum absolute atomic E-state index is 0.0675. The van der Waals surface area contributed by atoms with Crippen molar-refractivity contribution in [2.24, 2.45) is 0 Å². The highest BCUT2D eigenvalue weighted by molar-refractivity contribution is 8.42. The number of halogens is 5. The molecule has 0 aliphatic carbocycles. The summed E-state index contributed by atoms with van der Waals surface area (Å²) < 4.78 is 63.0. The molecule has 0 atom stereocenters. The fourth-order valence-corrected chi connectivity index (χ4v) is 1.57. The Labute approximate surface area is 90.1 Å². The second-order valence-electron chi connectivity index (χ2n) is 3.71. The highest BCUT2D eigenvalue weighted by Gasteiger charge is 2.67. The van der Waals surface area contributed by atoms with Crippen LogP contribution in [0.1, 0.15) is 25.3 Å². The first kappa shape index (κ1) is 13.1. The Bertz CT molecular complexity index is 397. The smallest absolute Gasteiger partial charge is 0.355 e. The van der Waals surface area contributed by atoms with E-state index in [1.807, 2.05) is 0 Å². The van der Waals surface area contributed by atoms with Gasteiger partial charge < -0.3 is 4.18 Å². The summed E-state index contributed by atoms with van der Waals surface area (Å²) in [5.74, 6) is -0.951. The molecular formula is C9H11F5OS. The van der Waals surface area contributed by atoms with E-state index < -0.39 is 16.3 Å². The van der Waals surface area contributed by atoms with Gasteiger partial charge in [-0.2, -0.15) is 0 Å². The third-order valence-corrected chi connectivity index (χ3v) is 2.29. The molecule has 94 valence electrons. The molecule has 7 heteroatoms. The van der Waals surface area contributed by atoms with Crippen molar-refractivity contribution < 1.29 is 23.6 Å². The Kier molecular flexibility index (Phi) is 2.48. The van der Waals surface area contributed by atoms with Crippen LogP contribution in [0.25, 0.3) is 0 Å². The summed E-state index contributed by atoms with van der Waals surface area (Å²) in [6.45, 7) is 3.47. The standard InChI is InChI=1S/C9H11F5OS/c1-7(2)8-4-3-5-9(6-8)15-16(10,11,12,13)14/h3-7H,1-2H3. The first-order valence-corrected chi connectivity index (χ1v) is 6.28. The molecule has 0 N–H and O–H groups in total. The summed E-state index contributed by atoms with van der Waals surface area (Å²) in [4.78, 5) is 0. The van der Waals surface area contributed by atoms with Crippen molar-refractivity contribution in [3.63, 3.8) is 0 Å². The summed E-state index contributed by atoms with van der Waals surface area (Å²) in [5, 5.41) is 0. The molecule has 0 radical (unpaired) electrons. The fourth-order valence-electron chi connectivity index (χ4n) is 1.11. The lowest BCUT2D eigenvalue weighted by atomic mass is 10.0. The van der Waals surface area contributed by atoms with Gasteiger partial charge in [0.05, 0.1) is 0 Å². The lowest BCUT2D eigenvalue weighted by Crippen LogP contribution is -2.14. The van der Waals surface area contributed by atoms with Crippen molar-refractivity contribution in [3.05, 3.63) is 29.8 Å². The molecule has 0 amide bonds. The van der Waals surface area contributed by atoms with Gasteiger partial charge in [0.25, 0.3) is 0 Å². The van der Waals surface area contributed by atoms with Crippen LogP contribution in [0.3, 0.4) is 0 Å². The molecule has 0 bridgehead atoms. The number of hydrogen-bond acceptors (Lipinski definition) is 1. The summed E-state index contributed by atoms with van der Waals surface area (Å²) in [7, 11) is -9.85. The molecule has 0 aliphatic heterocycles. The van der Waals surface area contributed by atoms with E-state index in [4.69, 9.17) is 0 Å². The molecule has 0 aromatic heterocycles. The fraction of sp³-hybridized carbons (Fsp3) is 0.333. The molecule has 0 saturated heterocycles. The van der Waals surface area contributed by atoms with Crippen LogP contribution in [-0.4, -0.2) is 0 Å². The summed E-state index contributed by atoms with van der Waals surface area (Å²) in [5.41, 5.74) is 0.499. The Morgan fingerprint density at radius 1 is 1.06 bits per heavy atom. The van der Waals surface area contributed by atoms with Crippen LogP contribution in [-0.2, 0) is 0 Å². The van der Waals surface area contributed by atoms with Crippen LogP contribution in [0.2, 0.25) is 0 Å². The Hall–Kier alpha value is -0.980. The van der Waals surface area contributed by atoms with Crippen LogP contribution in [0, 0.1) is 0 Å². The zero-order valence-electron chi connectivity index (χ0n) is 8.59. The first-order valence-electron chi connectivity index (χ1n) is 4.41. The molecule has 16 heavy (non-hydrogen) atoms. The van der Waals surface area contributed by atoms with Gasteiger partial charge in [-0.1, -0.05) is 45.4 Å². The van der Waals surface area contributed by atoms with E-state index in [1.54, 1.807) is 19.9 Å². The zero-order chi connectivity index (χ0) is 12.7. The Morgan fingerprint density at radius 2 is 1.62 bits per heavy atom. The number of rotatable bonds is 3. The van der Waals surface area contributed by atoms with Gasteiger partial charge in [-0.25, -0.2) is 0 Å². The second-order valence-corrected chi connectivity index (χ2v) is 5.67. The molecule has 0 aliphatic rings. The largest absolute Gasteiger partial charge is 0.435 e. The first-order chi connectivity index (χ1) is 6.86. The molecule has 1 aromatic carbocycles. The van der Waals surface area contributed by atoms with Crippen LogP contribution < -0.4 is 4.18 Å². The van der Waals surface area contributed by atoms with E-state index in [-0.39, 0.29) is 5.92 Å².